The van der Waals surface area contributed by atoms with Crippen LogP contribution >= 0.6 is 0 Å². The molecule has 12 N–H and O–H groups in total. The van der Waals surface area contributed by atoms with Gasteiger partial charge in [-0.2, -0.15) is 0 Å². The van der Waals surface area contributed by atoms with Crippen molar-refractivity contribution < 1.29 is 84.6 Å². The van der Waals surface area contributed by atoms with Gasteiger partial charge in [-0.1, -0.05) is 0 Å². The van der Waals surface area contributed by atoms with Crippen LogP contribution < -0.4 is 10.2 Å². The summed E-state index contributed by atoms with van der Waals surface area (Å²) in [5, 5.41) is 121. The lowest BCUT2D eigenvalue weighted by molar-refractivity contribution is -0.390. The molecule has 44 heavy (non-hydrogen) atoms. The standard InChI is InChI=1S/C26H28O18/c27-5-8-10(29)13(32)18(37)24(40-8)43-26-20(39)16(35)19(38)25(44-26)42-23-12(31)9-11(30)14(33)15(34)17(36)22(9)41-21(23)6-1-3-7(28)4-2-6/h1-4,8,10,13,16,18-20,24-30,32-39H,5H2/t8-,10-,13+,16+,18-,19-,20-,24+,25-,26-/m1/s1. The van der Waals surface area contributed by atoms with Gasteiger partial charge in [-0.3, -0.25) is 4.79 Å². The van der Waals surface area contributed by atoms with Crippen molar-refractivity contribution in [2.24, 2.45) is 0 Å². The maximum atomic E-state index is 13.6. The van der Waals surface area contributed by atoms with Crippen molar-refractivity contribution in [3.63, 3.8) is 0 Å². The molecule has 2 saturated heterocycles. The van der Waals surface area contributed by atoms with Gasteiger partial charge in [0.1, 0.15) is 53.9 Å². The fourth-order valence-corrected chi connectivity index (χ4v) is 4.72. The minimum atomic E-state index is -2.13. The Bertz CT molecular complexity index is 1570. The Labute approximate surface area is 244 Å². The second-order valence-corrected chi connectivity index (χ2v) is 10.0. The second-order valence-electron chi connectivity index (χ2n) is 10.0. The molecule has 0 aliphatic carbocycles. The highest BCUT2D eigenvalue weighted by Gasteiger charge is 2.50. The number of fused-ring (bicyclic) bond motifs is 1. The predicted octanol–water partition coefficient (Wildman–Crippen LogP) is -3.05. The molecular weight excluding hydrogens is 600 g/mol. The number of hydrogen-bond donors (Lipinski definition) is 12. The van der Waals surface area contributed by atoms with Crippen molar-refractivity contribution in [1.82, 2.24) is 0 Å². The van der Waals surface area contributed by atoms with Crippen molar-refractivity contribution in [1.29, 1.82) is 0 Å². The maximum absolute atomic E-state index is 13.6. The van der Waals surface area contributed by atoms with Gasteiger partial charge in [0, 0.05) is 5.56 Å². The zero-order valence-electron chi connectivity index (χ0n) is 22.1. The van der Waals surface area contributed by atoms with Gasteiger partial charge in [-0.25, -0.2) is 0 Å². The van der Waals surface area contributed by atoms with E-state index in [1.54, 1.807) is 0 Å². The van der Waals surface area contributed by atoms with E-state index in [9.17, 15) is 66.1 Å². The van der Waals surface area contributed by atoms with Crippen molar-refractivity contribution in [2.45, 2.75) is 61.6 Å². The molecule has 18 heteroatoms. The molecule has 5 rings (SSSR count). The summed E-state index contributed by atoms with van der Waals surface area (Å²) in [6.45, 7) is -0.820. The van der Waals surface area contributed by atoms with Crippen LogP contribution in [-0.4, -0.2) is 129 Å². The second kappa shape index (κ2) is 11.9. The van der Waals surface area contributed by atoms with Gasteiger partial charge in [0.25, 0.3) is 0 Å². The van der Waals surface area contributed by atoms with Gasteiger partial charge in [0.15, 0.2) is 29.7 Å². The number of aromatic hydroxyl groups is 5. The number of benzene rings is 2. The highest BCUT2D eigenvalue weighted by atomic mass is 16.8. The monoisotopic (exact) mass is 628 g/mol. The van der Waals surface area contributed by atoms with Crippen molar-refractivity contribution in [3.8, 4) is 45.8 Å². The van der Waals surface area contributed by atoms with Gasteiger partial charge in [0.2, 0.25) is 34.7 Å². The van der Waals surface area contributed by atoms with Crippen LogP contribution in [0.4, 0.5) is 0 Å². The summed E-state index contributed by atoms with van der Waals surface area (Å²) in [6.07, 6.45) is -19.3. The SMILES string of the molecule is O=c1c(O[C@@H]2O[C@@H](O[C@@H]3O[C@H](CO)[C@@H](O)[C@H](O)[C@H]3O)[C@H](O)[C@@H](O)[C@H]2O)c(-c2ccc(O)cc2)oc2c(O)c(O)c(O)c(O)c12. The molecule has 3 aromatic rings. The molecule has 2 aliphatic heterocycles. The van der Waals surface area contributed by atoms with E-state index in [4.69, 9.17) is 23.4 Å². The smallest absolute Gasteiger partial charge is 0.239 e. The molecule has 18 nitrogen and oxygen atoms in total. The molecule has 2 aliphatic rings. The molecule has 0 amide bonds. The van der Waals surface area contributed by atoms with E-state index in [2.05, 4.69) is 0 Å². The Morgan fingerprint density at radius 1 is 0.659 bits per heavy atom. The lowest BCUT2D eigenvalue weighted by atomic mass is 9.99. The van der Waals surface area contributed by atoms with E-state index in [0.717, 1.165) is 0 Å². The lowest BCUT2D eigenvalue weighted by Gasteiger charge is -2.44. The third kappa shape index (κ3) is 5.22. The van der Waals surface area contributed by atoms with E-state index < -0.39 is 119 Å². The molecule has 0 radical (unpaired) electrons. The highest BCUT2D eigenvalue weighted by molar-refractivity contribution is 5.95. The van der Waals surface area contributed by atoms with Crippen LogP contribution in [0, 0.1) is 0 Å². The zero-order chi connectivity index (χ0) is 32.2. The number of phenols is 5. The van der Waals surface area contributed by atoms with Crippen LogP contribution in [0.3, 0.4) is 0 Å². The fourth-order valence-electron chi connectivity index (χ4n) is 4.72. The quantitative estimate of drug-likeness (QED) is 0.0952. The molecule has 3 heterocycles. The van der Waals surface area contributed by atoms with Crippen LogP contribution in [0.1, 0.15) is 0 Å². The molecular formula is C26H28O18. The van der Waals surface area contributed by atoms with Crippen LogP contribution in [0.2, 0.25) is 0 Å². The maximum Gasteiger partial charge on any atom is 0.239 e. The molecule has 10 atom stereocenters. The summed E-state index contributed by atoms with van der Waals surface area (Å²) in [7, 11) is 0. The van der Waals surface area contributed by atoms with E-state index in [1.807, 2.05) is 0 Å². The van der Waals surface area contributed by atoms with E-state index in [1.165, 1.54) is 24.3 Å². The topological polar surface area (TPSA) is 310 Å². The van der Waals surface area contributed by atoms with Gasteiger partial charge in [0.05, 0.1) is 6.61 Å². The number of ether oxygens (including phenoxy) is 4. The van der Waals surface area contributed by atoms with Crippen molar-refractivity contribution in [2.75, 3.05) is 6.61 Å². The third-order valence-electron chi connectivity index (χ3n) is 7.20. The summed E-state index contributed by atoms with van der Waals surface area (Å²) >= 11 is 0. The summed E-state index contributed by atoms with van der Waals surface area (Å²) in [6, 6.07) is 4.80. The van der Waals surface area contributed by atoms with Gasteiger partial charge >= 0.3 is 0 Å². The summed E-state index contributed by atoms with van der Waals surface area (Å²) in [5.74, 6) is -6.49. The number of rotatable bonds is 6. The number of aliphatic hydroxyl groups excluding tert-OH is 7. The van der Waals surface area contributed by atoms with Crippen LogP contribution in [0.25, 0.3) is 22.3 Å². The Morgan fingerprint density at radius 3 is 1.82 bits per heavy atom. The first kappa shape index (κ1) is 31.5. The predicted molar refractivity (Wildman–Crippen MR) is 138 cm³/mol. The highest BCUT2D eigenvalue weighted by Crippen LogP contribution is 2.49. The van der Waals surface area contributed by atoms with Crippen LogP contribution in [0.15, 0.2) is 33.5 Å². The molecule has 0 saturated carbocycles. The Kier molecular flexibility index (Phi) is 8.48. The average Bonchev–Trinajstić information content (AvgIpc) is 3.01. The first-order valence-electron chi connectivity index (χ1n) is 12.8. The lowest BCUT2D eigenvalue weighted by Crippen LogP contribution is -2.64. The molecule has 2 aromatic carbocycles. The summed E-state index contributed by atoms with van der Waals surface area (Å²) in [4.78, 5) is 13.6. The fraction of sp³-hybridized carbons (Fsp3) is 0.423. The van der Waals surface area contributed by atoms with E-state index in [0.29, 0.717) is 0 Å². The minimum Gasteiger partial charge on any atom is -0.508 e. The molecule has 0 bridgehead atoms. The van der Waals surface area contributed by atoms with E-state index >= 15 is 0 Å². The number of hydrogen-bond acceptors (Lipinski definition) is 18. The summed E-state index contributed by atoms with van der Waals surface area (Å²) in [5.41, 5.74) is -2.12. The first-order valence-corrected chi connectivity index (χ1v) is 12.8. The molecule has 2 fully saturated rings. The largest absolute Gasteiger partial charge is 0.508 e. The van der Waals surface area contributed by atoms with Crippen LogP contribution in [-0.2, 0) is 14.2 Å². The number of aliphatic hydroxyl groups is 7. The van der Waals surface area contributed by atoms with Gasteiger partial charge in [-0.15, -0.1) is 0 Å². The minimum absolute atomic E-state index is 0.0109. The average molecular weight is 628 g/mol. The van der Waals surface area contributed by atoms with Gasteiger partial charge in [-0.05, 0) is 24.3 Å². The Hall–Kier alpha value is -3.95. The van der Waals surface area contributed by atoms with Gasteiger partial charge < -0.3 is 84.6 Å². The molecule has 0 spiro atoms. The third-order valence-corrected chi connectivity index (χ3v) is 7.20. The molecule has 240 valence electrons. The summed E-state index contributed by atoms with van der Waals surface area (Å²) < 4.78 is 27.1. The first-order chi connectivity index (χ1) is 20.8. The Morgan fingerprint density at radius 2 is 1.20 bits per heavy atom. The normalized spacial score (nSPS) is 32.5. The zero-order valence-corrected chi connectivity index (χ0v) is 22.1. The van der Waals surface area contributed by atoms with Crippen LogP contribution in [0.5, 0.6) is 34.5 Å². The van der Waals surface area contributed by atoms with E-state index in [-0.39, 0.29) is 11.3 Å². The Balaban J connectivity index is 1.56. The van der Waals surface area contributed by atoms with Crippen molar-refractivity contribution in [3.05, 3.63) is 34.5 Å². The van der Waals surface area contributed by atoms with Crippen molar-refractivity contribution >= 4 is 11.0 Å². The number of phenolic OH excluding ortho intramolecular Hbond substituents is 5. The molecule has 0 unspecified atom stereocenters. The molecule has 1 aromatic heterocycles.